The maximum absolute atomic E-state index is 13.0. The molecule has 2 heterocycles. The molecule has 3 atom stereocenters. The molecular weight excluding hydrogens is 335 g/mol. The van der Waals surface area contributed by atoms with E-state index < -0.39 is 11.7 Å². The molecule has 1 aliphatic carbocycles. The summed E-state index contributed by atoms with van der Waals surface area (Å²) in [5.41, 5.74) is -0.709. The molecule has 3 fully saturated rings. The first kappa shape index (κ1) is 17.0. The van der Waals surface area contributed by atoms with E-state index in [9.17, 15) is 13.2 Å². The Kier molecular flexibility index (Phi) is 4.54. The van der Waals surface area contributed by atoms with E-state index in [-0.39, 0.29) is 23.7 Å². The van der Waals surface area contributed by atoms with E-state index in [0.29, 0.717) is 31.5 Å². The SMILES string of the molecule is FC(F)(F)c1ccc(O[C@H]2[C@@H]3CNC[C@H]2COC3)c(OCC2CC2)c1. The Bertz CT molecular complexity index is 596. The number of rotatable bonds is 5. The third-order valence-electron chi connectivity index (χ3n) is 5.11. The van der Waals surface area contributed by atoms with Gasteiger partial charge in [0.25, 0.3) is 0 Å². The zero-order valence-electron chi connectivity index (χ0n) is 13.8. The summed E-state index contributed by atoms with van der Waals surface area (Å²) >= 11 is 0. The smallest absolute Gasteiger partial charge is 0.416 e. The molecule has 0 radical (unpaired) electrons. The van der Waals surface area contributed by atoms with E-state index in [1.807, 2.05) is 0 Å². The van der Waals surface area contributed by atoms with Crippen molar-refractivity contribution >= 4 is 0 Å². The number of ether oxygens (including phenoxy) is 3. The van der Waals surface area contributed by atoms with Crippen molar-refractivity contribution in [3.8, 4) is 11.5 Å². The van der Waals surface area contributed by atoms with Gasteiger partial charge in [0.05, 0.1) is 25.4 Å². The van der Waals surface area contributed by atoms with Crippen LogP contribution in [0.4, 0.5) is 13.2 Å². The fourth-order valence-corrected chi connectivity index (χ4v) is 3.48. The fraction of sp³-hybridized carbons (Fsp3) is 0.667. The number of halogens is 3. The second kappa shape index (κ2) is 6.68. The number of fused-ring (bicyclic) bond motifs is 2. The molecule has 2 saturated heterocycles. The van der Waals surface area contributed by atoms with Crippen LogP contribution in [0.25, 0.3) is 0 Å². The Morgan fingerprint density at radius 3 is 2.44 bits per heavy atom. The van der Waals surface area contributed by atoms with Gasteiger partial charge in [-0.15, -0.1) is 0 Å². The van der Waals surface area contributed by atoms with Gasteiger partial charge in [-0.2, -0.15) is 13.2 Å². The van der Waals surface area contributed by atoms with Gasteiger partial charge in [-0.25, -0.2) is 0 Å². The molecule has 4 rings (SSSR count). The highest BCUT2D eigenvalue weighted by Crippen LogP contribution is 2.40. The molecule has 0 aromatic heterocycles. The Morgan fingerprint density at radius 1 is 1.08 bits per heavy atom. The molecule has 138 valence electrons. The van der Waals surface area contributed by atoms with Crippen LogP contribution in [0.3, 0.4) is 0 Å². The third-order valence-corrected chi connectivity index (χ3v) is 5.11. The molecule has 0 spiro atoms. The molecule has 2 aliphatic heterocycles. The average molecular weight is 357 g/mol. The minimum absolute atomic E-state index is 0.0602. The number of hydrogen-bond donors (Lipinski definition) is 1. The van der Waals surface area contributed by atoms with Gasteiger partial charge in [-0.1, -0.05) is 0 Å². The first-order valence-corrected chi connectivity index (χ1v) is 8.80. The zero-order valence-corrected chi connectivity index (χ0v) is 13.8. The molecule has 4 nitrogen and oxygen atoms in total. The molecule has 2 bridgehead atoms. The molecule has 3 aliphatic rings. The molecule has 1 aromatic rings. The lowest BCUT2D eigenvalue weighted by Gasteiger charge is -2.42. The van der Waals surface area contributed by atoms with Crippen LogP contribution in [-0.4, -0.2) is 39.0 Å². The molecule has 0 amide bonds. The van der Waals surface area contributed by atoms with Gasteiger partial charge in [-0.05, 0) is 37.0 Å². The van der Waals surface area contributed by atoms with Crippen molar-refractivity contribution in [1.29, 1.82) is 0 Å². The van der Waals surface area contributed by atoms with Crippen LogP contribution in [-0.2, 0) is 10.9 Å². The lowest BCUT2D eigenvalue weighted by Crippen LogP contribution is -2.56. The van der Waals surface area contributed by atoms with Crippen LogP contribution in [0.5, 0.6) is 11.5 Å². The highest BCUT2D eigenvalue weighted by atomic mass is 19.4. The normalized spacial score (nSPS) is 29.3. The Hall–Kier alpha value is -1.47. The number of alkyl halides is 3. The molecule has 1 N–H and O–H groups in total. The van der Waals surface area contributed by atoms with Crippen molar-refractivity contribution in [3.05, 3.63) is 23.8 Å². The molecule has 7 heteroatoms. The van der Waals surface area contributed by atoms with Gasteiger partial charge in [0.1, 0.15) is 6.10 Å². The topological polar surface area (TPSA) is 39.7 Å². The molecule has 1 saturated carbocycles. The van der Waals surface area contributed by atoms with Crippen molar-refractivity contribution in [2.75, 3.05) is 32.9 Å². The summed E-state index contributed by atoms with van der Waals surface area (Å²) in [6.07, 6.45) is -2.31. The molecule has 0 unspecified atom stereocenters. The van der Waals surface area contributed by atoms with Crippen LogP contribution in [0.2, 0.25) is 0 Å². The van der Waals surface area contributed by atoms with Crippen LogP contribution in [0.1, 0.15) is 18.4 Å². The van der Waals surface area contributed by atoms with Crippen LogP contribution in [0, 0.1) is 17.8 Å². The Morgan fingerprint density at radius 2 is 1.80 bits per heavy atom. The van der Waals surface area contributed by atoms with Crippen molar-refractivity contribution in [3.63, 3.8) is 0 Å². The molecular formula is C18H22F3NO3. The second-order valence-electron chi connectivity index (χ2n) is 7.21. The summed E-state index contributed by atoms with van der Waals surface area (Å²) in [4.78, 5) is 0. The van der Waals surface area contributed by atoms with Gasteiger partial charge in [0.2, 0.25) is 0 Å². The summed E-state index contributed by atoms with van der Waals surface area (Å²) < 4.78 is 56.5. The highest BCUT2D eigenvalue weighted by molar-refractivity contribution is 5.44. The summed E-state index contributed by atoms with van der Waals surface area (Å²) in [6, 6.07) is 3.52. The molecule has 25 heavy (non-hydrogen) atoms. The van der Waals surface area contributed by atoms with Crippen molar-refractivity contribution in [2.24, 2.45) is 17.8 Å². The largest absolute Gasteiger partial charge is 0.489 e. The van der Waals surface area contributed by atoms with E-state index in [1.54, 1.807) is 0 Å². The van der Waals surface area contributed by atoms with Gasteiger partial charge in [0, 0.05) is 24.9 Å². The number of piperidine rings is 1. The Balaban J connectivity index is 1.56. The first-order chi connectivity index (χ1) is 12.0. The zero-order chi connectivity index (χ0) is 17.4. The monoisotopic (exact) mass is 357 g/mol. The predicted molar refractivity (Wildman–Crippen MR) is 84.7 cm³/mol. The highest BCUT2D eigenvalue weighted by Gasteiger charge is 2.40. The summed E-state index contributed by atoms with van der Waals surface area (Å²) in [6.45, 7) is 3.24. The number of hydrogen-bond acceptors (Lipinski definition) is 4. The van der Waals surface area contributed by atoms with E-state index in [1.165, 1.54) is 6.07 Å². The standard InChI is InChI=1S/C18H22F3NO3/c19-18(20,21)14-3-4-15(16(5-14)24-8-11-1-2-11)25-17-12-6-22-7-13(17)10-23-9-12/h3-5,11-13,17,22H,1-2,6-10H2/t12-,13+,17+. The first-order valence-electron chi connectivity index (χ1n) is 8.80. The third kappa shape index (κ3) is 3.87. The van der Waals surface area contributed by atoms with Gasteiger partial charge in [0.15, 0.2) is 11.5 Å². The summed E-state index contributed by atoms with van der Waals surface area (Å²) in [5, 5.41) is 3.35. The van der Waals surface area contributed by atoms with Gasteiger partial charge < -0.3 is 19.5 Å². The second-order valence-corrected chi connectivity index (χ2v) is 7.21. The van der Waals surface area contributed by atoms with Crippen molar-refractivity contribution in [1.82, 2.24) is 5.32 Å². The van der Waals surface area contributed by atoms with Crippen molar-refractivity contribution < 1.29 is 27.4 Å². The van der Waals surface area contributed by atoms with Crippen molar-refractivity contribution in [2.45, 2.75) is 25.1 Å². The number of nitrogens with one attached hydrogen (secondary N) is 1. The maximum atomic E-state index is 13.0. The van der Waals surface area contributed by atoms with E-state index in [0.717, 1.165) is 38.1 Å². The average Bonchev–Trinajstić information content (AvgIpc) is 3.37. The quantitative estimate of drug-likeness (QED) is 0.879. The minimum Gasteiger partial charge on any atom is -0.489 e. The summed E-state index contributed by atoms with van der Waals surface area (Å²) in [5.74, 6) is 1.45. The minimum atomic E-state index is -4.39. The molecule has 1 aromatic carbocycles. The fourth-order valence-electron chi connectivity index (χ4n) is 3.48. The summed E-state index contributed by atoms with van der Waals surface area (Å²) in [7, 11) is 0. The van der Waals surface area contributed by atoms with E-state index >= 15 is 0 Å². The van der Waals surface area contributed by atoms with Crippen LogP contribution >= 0.6 is 0 Å². The van der Waals surface area contributed by atoms with Crippen LogP contribution < -0.4 is 14.8 Å². The van der Waals surface area contributed by atoms with E-state index in [4.69, 9.17) is 14.2 Å². The number of benzene rings is 1. The Labute approximate surface area is 144 Å². The maximum Gasteiger partial charge on any atom is 0.416 e. The lowest BCUT2D eigenvalue weighted by atomic mass is 9.86. The van der Waals surface area contributed by atoms with Crippen LogP contribution in [0.15, 0.2) is 18.2 Å². The predicted octanol–water partition coefficient (Wildman–Crippen LogP) is 3.11. The van der Waals surface area contributed by atoms with Gasteiger partial charge in [-0.3, -0.25) is 0 Å². The lowest BCUT2D eigenvalue weighted by molar-refractivity contribution is -0.137. The van der Waals surface area contributed by atoms with Gasteiger partial charge >= 0.3 is 6.18 Å². The van der Waals surface area contributed by atoms with E-state index in [2.05, 4.69) is 5.32 Å².